The third-order valence-electron chi connectivity index (χ3n) is 2.92. The van der Waals surface area contributed by atoms with Crippen molar-refractivity contribution in [3.8, 4) is 6.07 Å². The van der Waals surface area contributed by atoms with Crippen LogP contribution in [0.25, 0.3) is 0 Å². The smallest absolute Gasteiger partial charge is 0.274 e. The molecule has 102 valence electrons. The molecule has 0 saturated heterocycles. The average molecular weight is 261 g/mol. The van der Waals surface area contributed by atoms with Gasteiger partial charge in [0.2, 0.25) is 0 Å². The highest BCUT2D eigenvalue weighted by molar-refractivity contribution is 5.97. The maximum absolute atomic E-state index is 12.3. The van der Waals surface area contributed by atoms with Gasteiger partial charge in [-0.3, -0.25) is 4.79 Å². The van der Waals surface area contributed by atoms with E-state index in [4.69, 9.17) is 11.0 Å². The molecule has 0 aliphatic rings. The van der Waals surface area contributed by atoms with Crippen molar-refractivity contribution in [1.82, 2.24) is 14.9 Å². The Kier molecular flexibility index (Phi) is 4.81. The van der Waals surface area contributed by atoms with Crippen LogP contribution in [0, 0.1) is 11.3 Å². The second-order valence-corrected chi connectivity index (χ2v) is 4.81. The number of nitrogens with zero attached hydrogens (tertiary/aromatic N) is 4. The molecule has 1 aromatic heterocycles. The Labute approximate surface area is 113 Å². The monoisotopic (exact) mass is 261 g/mol. The van der Waals surface area contributed by atoms with E-state index < -0.39 is 0 Å². The summed E-state index contributed by atoms with van der Waals surface area (Å²) in [5.74, 6) is 0.414. The molecule has 6 nitrogen and oxygen atoms in total. The lowest BCUT2D eigenvalue weighted by atomic mass is 10.2. The van der Waals surface area contributed by atoms with Gasteiger partial charge in [-0.05, 0) is 6.92 Å². The Bertz CT molecular complexity index is 506. The van der Waals surface area contributed by atoms with Crippen molar-refractivity contribution in [3.05, 3.63) is 17.7 Å². The Balaban J connectivity index is 3.05. The van der Waals surface area contributed by atoms with Gasteiger partial charge in [0, 0.05) is 19.0 Å². The normalized spacial score (nSPS) is 12.0. The van der Waals surface area contributed by atoms with Crippen LogP contribution in [0.2, 0.25) is 0 Å². The standard InChI is InChI=1S/C13H19N5O/c1-8(2)12-16-7-10(15)11(17-12)13(19)18(4)9(3)5-6-14/h7-9H,5,15H2,1-4H3. The maximum Gasteiger partial charge on any atom is 0.274 e. The highest BCUT2D eigenvalue weighted by Crippen LogP contribution is 2.16. The highest BCUT2D eigenvalue weighted by atomic mass is 16.2. The molecule has 0 aromatic carbocycles. The molecule has 1 atom stereocenters. The van der Waals surface area contributed by atoms with Crippen molar-refractivity contribution in [2.75, 3.05) is 12.8 Å². The molecule has 0 aliphatic carbocycles. The number of carbonyl (C=O) groups excluding carboxylic acids is 1. The van der Waals surface area contributed by atoms with Crippen molar-refractivity contribution >= 4 is 11.6 Å². The van der Waals surface area contributed by atoms with E-state index >= 15 is 0 Å². The SMILES string of the molecule is CC(C)c1ncc(N)c(C(=O)N(C)C(C)CC#N)n1. The van der Waals surface area contributed by atoms with E-state index in [9.17, 15) is 4.79 Å². The molecule has 1 heterocycles. The summed E-state index contributed by atoms with van der Waals surface area (Å²) < 4.78 is 0. The van der Waals surface area contributed by atoms with Gasteiger partial charge >= 0.3 is 0 Å². The van der Waals surface area contributed by atoms with Crippen LogP contribution in [0.15, 0.2) is 6.20 Å². The van der Waals surface area contributed by atoms with Gasteiger partial charge in [0.1, 0.15) is 5.82 Å². The Morgan fingerprint density at radius 3 is 2.68 bits per heavy atom. The largest absolute Gasteiger partial charge is 0.396 e. The molecule has 0 saturated carbocycles. The van der Waals surface area contributed by atoms with Crippen LogP contribution in [0.1, 0.15) is 49.4 Å². The molecule has 2 N–H and O–H groups in total. The van der Waals surface area contributed by atoms with E-state index in [-0.39, 0.29) is 35.7 Å². The predicted octanol–water partition coefficient (Wildman–Crippen LogP) is 1.56. The first-order valence-electron chi connectivity index (χ1n) is 6.15. The lowest BCUT2D eigenvalue weighted by Crippen LogP contribution is -2.36. The van der Waals surface area contributed by atoms with Gasteiger partial charge in [-0.25, -0.2) is 9.97 Å². The third kappa shape index (κ3) is 3.41. The third-order valence-corrected chi connectivity index (χ3v) is 2.92. The van der Waals surface area contributed by atoms with Crippen LogP contribution in [0.3, 0.4) is 0 Å². The van der Waals surface area contributed by atoms with Gasteiger partial charge in [-0.2, -0.15) is 5.26 Å². The van der Waals surface area contributed by atoms with Gasteiger partial charge in [0.25, 0.3) is 5.91 Å². The van der Waals surface area contributed by atoms with Crippen molar-refractivity contribution in [2.45, 2.75) is 39.2 Å². The quantitative estimate of drug-likeness (QED) is 0.887. The number of nitrogens with two attached hydrogens (primary N) is 1. The zero-order valence-corrected chi connectivity index (χ0v) is 11.7. The number of nitrogen functional groups attached to an aromatic ring is 1. The topological polar surface area (TPSA) is 95.9 Å². The van der Waals surface area contributed by atoms with Gasteiger partial charge in [0.15, 0.2) is 5.69 Å². The predicted molar refractivity (Wildman–Crippen MR) is 72.3 cm³/mol. The summed E-state index contributed by atoms with van der Waals surface area (Å²) in [5, 5.41) is 8.67. The lowest BCUT2D eigenvalue weighted by molar-refractivity contribution is 0.0741. The first-order chi connectivity index (χ1) is 8.88. The van der Waals surface area contributed by atoms with Crippen LogP contribution in [-0.2, 0) is 0 Å². The Morgan fingerprint density at radius 2 is 2.16 bits per heavy atom. The first kappa shape index (κ1) is 14.9. The van der Waals surface area contributed by atoms with Gasteiger partial charge in [-0.15, -0.1) is 0 Å². The van der Waals surface area contributed by atoms with E-state index in [1.807, 2.05) is 26.8 Å². The molecule has 0 spiro atoms. The molecule has 0 aliphatic heterocycles. The average Bonchev–Trinajstić information content (AvgIpc) is 2.37. The number of hydrogen-bond acceptors (Lipinski definition) is 5. The number of amides is 1. The van der Waals surface area contributed by atoms with Gasteiger partial charge in [-0.1, -0.05) is 13.8 Å². The summed E-state index contributed by atoms with van der Waals surface area (Å²) in [6.45, 7) is 5.70. The summed E-state index contributed by atoms with van der Waals surface area (Å²) >= 11 is 0. The fourth-order valence-corrected chi connectivity index (χ4v) is 1.49. The molecule has 19 heavy (non-hydrogen) atoms. The maximum atomic E-state index is 12.3. The van der Waals surface area contributed by atoms with Gasteiger partial charge < -0.3 is 10.6 Å². The molecule has 1 aromatic rings. The minimum absolute atomic E-state index is 0.119. The van der Waals surface area contributed by atoms with E-state index in [0.29, 0.717) is 5.82 Å². The summed E-state index contributed by atoms with van der Waals surface area (Å²) in [5.41, 5.74) is 6.22. The van der Waals surface area contributed by atoms with Crippen LogP contribution >= 0.6 is 0 Å². The van der Waals surface area contributed by atoms with Gasteiger partial charge in [0.05, 0.1) is 24.4 Å². The second-order valence-electron chi connectivity index (χ2n) is 4.81. The molecule has 0 radical (unpaired) electrons. The molecule has 6 heteroatoms. The van der Waals surface area contributed by atoms with Crippen molar-refractivity contribution in [2.24, 2.45) is 0 Å². The highest BCUT2D eigenvalue weighted by Gasteiger charge is 2.22. The number of nitriles is 1. The summed E-state index contributed by atoms with van der Waals surface area (Å²) in [6.07, 6.45) is 1.72. The number of aromatic nitrogens is 2. The fourth-order valence-electron chi connectivity index (χ4n) is 1.49. The summed E-state index contributed by atoms with van der Waals surface area (Å²) in [6, 6.07) is 1.86. The van der Waals surface area contributed by atoms with Crippen LogP contribution in [0.5, 0.6) is 0 Å². The number of anilines is 1. The Morgan fingerprint density at radius 1 is 1.53 bits per heavy atom. The summed E-state index contributed by atoms with van der Waals surface area (Å²) in [4.78, 5) is 22.1. The number of carbonyl (C=O) groups is 1. The number of hydrogen-bond donors (Lipinski definition) is 1. The van der Waals surface area contributed by atoms with Crippen molar-refractivity contribution in [3.63, 3.8) is 0 Å². The molecule has 0 bridgehead atoms. The van der Waals surface area contributed by atoms with E-state index in [0.717, 1.165) is 0 Å². The molecule has 0 fully saturated rings. The van der Waals surface area contributed by atoms with Crippen molar-refractivity contribution in [1.29, 1.82) is 5.26 Å². The minimum atomic E-state index is -0.287. The molecule has 1 unspecified atom stereocenters. The fraction of sp³-hybridized carbons (Fsp3) is 0.538. The van der Waals surface area contributed by atoms with Crippen LogP contribution in [0.4, 0.5) is 5.69 Å². The molecule has 1 rings (SSSR count). The zero-order valence-electron chi connectivity index (χ0n) is 11.7. The van der Waals surface area contributed by atoms with Crippen molar-refractivity contribution < 1.29 is 4.79 Å². The van der Waals surface area contributed by atoms with Crippen LogP contribution < -0.4 is 5.73 Å². The molecular weight excluding hydrogens is 242 g/mol. The molecular formula is C13H19N5O. The minimum Gasteiger partial charge on any atom is -0.396 e. The lowest BCUT2D eigenvalue weighted by Gasteiger charge is -2.23. The van der Waals surface area contributed by atoms with E-state index in [2.05, 4.69) is 9.97 Å². The van der Waals surface area contributed by atoms with E-state index in [1.165, 1.54) is 11.1 Å². The zero-order chi connectivity index (χ0) is 14.6. The number of rotatable bonds is 4. The first-order valence-corrected chi connectivity index (χ1v) is 6.15. The molecule has 1 amide bonds. The Hall–Kier alpha value is -2.16. The summed E-state index contributed by atoms with van der Waals surface area (Å²) in [7, 11) is 1.64. The van der Waals surface area contributed by atoms with E-state index in [1.54, 1.807) is 7.05 Å². The second kappa shape index (κ2) is 6.14. The van der Waals surface area contributed by atoms with Crippen LogP contribution in [-0.4, -0.2) is 33.9 Å².